The summed E-state index contributed by atoms with van der Waals surface area (Å²) in [5.74, 6) is 2.32. The van der Waals surface area contributed by atoms with Crippen molar-refractivity contribution in [1.82, 2.24) is 9.88 Å². The number of pyridine rings is 1. The molecule has 2 aliphatic rings. The molecule has 1 aromatic carbocycles. The molecule has 2 fully saturated rings. The van der Waals surface area contributed by atoms with E-state index in [-0.39, 0.29) is 24.2 Å². The fourth-order valence-corrected chi connectivity index (χ4v) is 5.62. The normalized spacial score (nSPS) is 17.8. The molecule has 6 nitrogen and oxygen atoms in total. The number of halogens is 3. The van der Waals surface area contributed by atoms with E-state index in [0.717, 1.165) is 25.9 Å². The first-order valence-corrected chi connectivity index (χ1v) is 12.8. The van der Waals surface area contributed by atoms with Gasteiger partial charge in [0.25, 0.3) is 5.91 Å². The number of likely N-dealkylation sites (tertiary alicyclic amines) is 1. The molecule has 0 bridgehead atoms. The molecule has 10 heteroatoms. The Bertz CT molecular complexity index is 963. The highest BCUT2D eigenvalue weighted by Crippen LogP contribution is 2.28. The summed E-state index contributed by atoms with van der Waals surface area (Å²) in [5.41, 5.74) is 0.734. The van der Waals surface area contributed by atoms with E-state index in [4.69, 9.17) is 23.2 Å². The van der Waals surface area contributed by atoms with Crippen LogP contribution in [0.2, 0.25) is 10.0 Å². The smallest absolute Gasteiger partial charge is 0.258 e. The van der Waals surface area contributed by atoms with Crippen molar-refractivity contribution in [3.63, 3.8) is 0 Å². The van der Waals surface area contributed by atoms with Gasteiger partial charge in [-0.15, -0.1) is 12.4 Å². The van der Waals surface area contributed by atoms with Gasteiger partial charge in [0.2, 0.25) is 5.91 Å². The molecule has 3 heterocycles. The first-order valence-electron chi connectivity index (χ1n) is 10.8. The number of piperidine rings is 1. The van der Waals surface area contributed by atoms with Crippen LogP contribution in [-0.4, -0.2) is 52.3 Å². The van der Waals surface area contributed by atoms with Gasteiger partial charge >= 0.3 is 0 Å². The van der Waals surface area contributed by atoms with Crippen LogP contribution in [0.3, 0.4) is 0 Å². The van der Waals surface area contributed by atoms with E-state index in [9.17, 15) is 9.59 Å². The molecular weight excluding hydrogens is 503 g/mol. The molecule has 0 unspecified atom stereocenters. The minimum atomic E-state index is -0.400. The number of hydrogen-bond acceptors (Lipinski definition) is 5. The van der Waals surface area contributed by atoms with E-state index in [2.05, 4.69) is 20.5 Å². The summed E-state index contributed by atoms with van der Waals surface area (Å²) < 4.78 is 0. The Balaban J connectivity index is 0.00000306. The molecule has 0 radical (unpaired) electrons. The standard InChI is InChI=1S/C23H26Cl2N4O2S.ClH/c24-16-1-3-20(19(13-16)23(31)28-21-4-2-17(25)14-26-21)27-22(30)15-5-9-29(10-6-15)18-7-11-32-12-8-18;/h1-4,13-15,18H,5-12H2,(H,27,30)(H,26,28,31);1H. The number of nitrogens with zero attached hydrogens (tertiary/aromatic N) is 2. The third kappa shape index (κ3) is 6.99. The molecule has 0 spiro atoms. The summed E-state index contributed by atoms with van der Waals surface area (Å²) in [6, 6.07) is 8.79. The van der Waals surface area contributed by atoms with Crippen molar-refractivity contribution in [2.75, 3.05) is 35.2 Å². The van der Waals surface area contributed by atoms with Gasteiger partial charge in [-0.25, -0.2) is 4.98 Å². The Kier molecular flexibility index (Phi) is 9.70. The number of aromatic nitrogens is 1. The minimum Gasteiger partial charge on any atom is -0.325 e. The molecule has 2 aliphatic heterocycles. The van der Waals surface area contributed by atoms with Crippen molar-refractivity contribution >= 4 is 70.7 Å². The molecule has 0 aliphatic carbocycles. The second kappa shape index (κ2) is 12.3. The van der Waals surface area contributed by atoms with Gasteiger partial charge in [-0.3, -0.25) is 9.59 Å². The third-order valence-corrected chi connectivity index (χ3v) is 7.57. The topological polar surface area (TPSA) is 74.3 Å². The predicted octanol–water partition coefficient (Wildman–Crippen LogP) is 5.61. The maximum Gasteiger partial charge on any atom is 0.258 e. The van der Waals surface area contributed by atoms with Gasteiger partial charge in [-0.1, -0.05) is 23.2 Å². The Labute approximate surface area is 214 Å². The molecule has 0 saturated carbocycles. The van der Waals surface area contributed by atoms with Gasteiger partial charge in [-0.2, -0.15) is 11.8 Å². The van der Waals surface area contributed by atoms with Crippen LogP contribution >= 0.6 is 47.4 Å². The van der Waals surface area contributed by atoms with Crippen molar-refractivity contribution in [2.45, 2.75) is 31.7 Å². The summed E-state index contributed by atoms with van der Waals surface area (Å²) in [6.07, 6.45) is 5.61. The van der Waals surface area contributed by atoms with E-state index in [0.29, 0.717) is 33.2 Å². The van der Waals surface area contributed by atoms with Crippen LogP contribution in [-0.2, 0) is 4.79 Å². The minimum absolute atomic E-state index is 0. The number of rotatable bonds is 5. The molecule has 2 amide bonds. The van der Waals surface area contributed by atoms with Crippen LogP contribution < -0.4 is 10.6 Å². The Morgan fingerprint density at radius 2 is 1.67 bits per heavy atom. The molecule has 0 atom stereocenters. The van der Waals surface area contributed by atoms with E-state index >= 15 is 0 Å². The van der Waals surface area contributed by atoms with E-state index < -0.39 is 5.91 Å². The Morgan fingerprint density at radius 1 is 0.970 bits per heavy atom. The number of carbonyl (C=O) groups excluding carboxylic acids is 2. The highest BCUT2D eigenvalue weighted by atomic mass is 35.5. The quantitative estimate of drug-likeness (QED) is 0.527. The summed E-state index contributed by atoms with van der Waals surface area (Å²) in [7, 11) is 0. The van der Waals surface area contributed by atoms with E-state index in [1.807, 2.05) is 11.8 Å². The van der Waals surface area contributed by atoms with Crippen molar-refractivity contribution in [2.24, 2.45) is 5.92 Å². The monoisotopic (exact) mass is 528 g/mol. The molecular formula is C23H27Cl3N4O2S. The van der Waals surface area contributed by atoms with Gasteiger partial charge in [0.15, 0.2) is 0 Å². The number of carbonyl (C=O) groups is 2. The second-order valence-corrected chi connectivity index (χ2v) is 10.2. The van der Waals surface area contributed by atoms with E-state index in [1.165, 1.54) is 30.5 Å². The average Bonchev–Trinajstić information content (AvgIpc) is 2.82. The van der Waals surface area contributed by atoms with Crippen LogP contribution in [0.4, 0.5) is 11.5 Å². The summed E-state index contributed by atoms with van der Waals surface area (Å²) in [6.45, 7) is 1.90. The number of hydrogen-bond donors (Lipinski definition) is 2. The van der Waals surface area contributed by atoms with Crippen molar-refractivity contribution < 1.29 is 9.59 Å². The van der Waals surface area contributed by atoms with Crippen molar-refractivity contribution in [3.8, 4) is 0 Å². The SMILES string of the molecule is Cl.O=C(Nc1ccc(Cl)cn1)c1cc(Cl)ccc1NC(=O)C1CCN(C2CCSCC2)CC1. The van der Waals surface area contributed by atoms with Crippen LogP contribution in [0.15, 0.2) is 36.5 Å². The fourth-order valence-electron chi connectivity index (χ4n) is 4.26. The van der Waals surface area contributed by atoms with E-state index in [1.54, 1.807) is 30.3 Å². The lowest BCUT2D eigenvalue weighted by molar-refractivity contribution is -0.121. The van der Waals surface area contributed by atoms with Crippen LogP contribution in [0.5, 0.6) is 0 Å². The number of thioether (sulfide) groups is 1. The fraction of sp³-hybridized carbons (Fsp3) is 0.435. The molecule has 2 aromatic rings. The maximum atomic E-state index is 13.0. The van der Waals surface area contributed by atoms with Gasteiger partial charge < -0.3 is 15.5 Å². The van der Waals surface area contributed by atoms with Gasteiger partial charge in [0.05, 0.1) is 16.3 Å². The van der Waals surface area contributed by atoms with Gasteiger partial charge in [0.1, 0.15) is 5.82 Å². The highest BCUT2D eigenvalue weighted by Gasteiger charge is 2.30. The summed E-state index contributed by atoms with van der Waals surface area (Å²) in [4.78, 5) is 32.5. The maximum absolute atomic E-state index is 13.0. The zero-order valence-corrected chi connectivity index (χ0v) is 21.2. The molecule has 2 N–H and O–H groups in total. The molecule has 1 aromatic heterocycles. The van der Waals surface area contributed by atoms with Crippen LogP contribution in [0.25, 0.3) is 0 Å². The Hall–Kier alpha value is -1.51. The largest absolute Gasteiger partial charge is 0.325 e. The molecule has 2 saturated heterocycles. The number of amides is 2. The second-order valence-electron chi connectivity index (χ2n) is 8.15. The lowest BCUT2D eigenvalue weighted by Gasteiger charge is -2.38. The van der Waals surface area contributed by atoms with Gasteiger partial charge in [0, 0.05) is 23.2 Å². The summed E-state index contributed by atoms with van der Waals surface area (Å²) >= 11 is 14.0. The zero-order valence-electron chi connectivity index (χ0n) is 18.1. The number of nitrogens with one attached hydrogen (secondary N) is 2. The van der Waals surface area contributed by atoms with Crippen molar-refractivity contribution in [3.05, 3.63) is 52.1 Å². The van der Waals surface area contributed by atoms with Crippen molar-refractivity contribution in [1.29, 1.82) is 0 Å². The Morgan fingerprint density at radius 3 is 2.33 bits per heavy atom. The van der Waals surface area contributed by atoms with Crippen LogP contribution in [0.1, 0.15) is 36.0 Å². The number of anilines is 2. The number of benzene rings is 1. The average molecular weight is 530 g/mol. The lowest BCUT2D eigenvalue weighted by Crippen LogP contribution is -2.45. The predicted molar refractivity (Wildman–Crippen MR) is 139 cm³/mol. The molecule has 33 heavy (non-hydrogen) atoms. The first-order chi connectivity index (χ1) is 15.5. The van der Waals surface area contributed by atoms with Crippen LogP contribution in [0, 0.1) is 5.92 Å². The zero-order chi connectivity index (χ0) is 22.5. The summed E-state index contributed by atoms with van der Waals surface area (Å²) in [5, 5.41) is 6.57. The third-order valence-electron chi connectivity index (χ3n) is 6.06. The van der Waals surface area contributed by atoms with Gasteiger partial charge in [-0.05, 0) is 80.6 Å². The first kappa shape index (κ1) is 26.1. The lowest BCUT2D eigenvalue weighted by atomic mass is 9.93. The molecule has 178 valence electrons. The highest BCUT2D eigenvalue weighted by molar-refractivity contribution is 7.99. The molecule has 4 rings (SSSR count).